The molecule has 0 unspecified atom stereocenters. The predicted octanol–water partition coefficient (Wildman–Crippen LogP) is -0.796. The van der Waals surface area contributed by atoms with Crippen LogP contribution in [0, 0.1) is 0 Å². The van der Waals surface area contributed by atoms with E-state index < -0.39 is 7.82 Å². The zero-order valence-electron chi connectivity index (χ0n) is 16.8. The lowest BCUT2D eigenvalue weighted by Crippen LogP contribution is -2.15. The maximum atomic E-state index is 10.4. The lowest BCUT2D eigenvalue weighted by molar-refractivity contribution is -0.0223. The van der Waals surface area contributed by atoms with Crippen LogP contribution in [0.15, 0.2) is 0 Å². The minimum absolute atomic E-state index is 0.0152. The molecule has 29 heavy (non-hydrogen) atoms. The fourth-order valence-electron chi connectivity index (χ4n) is 1.70. The Balaban J connectivity index is 3.02. The summed E-state index contributed by atoms with van der Waals surface area (Å²) in [5.41, 5.74) is 0. The van der Waals surface area contributed by atoms with Gasteiger partial charge in [-0.1, -0.05) is 0 Å². The monoisotopic (exact) mass is 450 g/mol. The normalized spacial score (nSPS) is 12.0. The van der Waals surface area contributed by atoms with Gasteiger partial charge in [-0.3, -0.25) is 4.52 Å². The van der Waals surface area contributed by atoms with Crippen LogP contribution >= 0.6 is 7.82 Å². The number of aliphatic hydroxyl groups is 1. The van der Waals surface area contributed by atoms with Crippen LogP contribution in [-0.4, -0.2) is 121 Å². The number of hydrogen-bond acceptors (Lipinski definition) is 10. The van der Waals surface area contributed by atoms with Crippen molar-refractivity contribution in [3.63, 3.8) is 0 Å². The molecule has 0 aromatic carbocycles. The van der Waals surface area contributed by atoms with Gasteiger partial charge in [0.1, 0.15) is 0 Å². The zero-order chi connectivity index (χ0) is 21.5. The third kappa shape index (κ3) is 27.8. The van der Waals surface area contributed by atoms with Crippen molar-refractivity contribution in [2.45, 2.75) is 0 Å². The maximum Gasteiger partial charge on any atom is 0.469 e. The molecule has 0 aliphatic carbocycles. The second-order valence-corrected chi connectivity index (χ2v) is 6.57. The summed E-state index contributed by atoms with van der Waals surface area (Å²) in [6.45, 7) is 5.52. The van der Waals surface area contributed by atoms with E-state index >= 15 is 0 Å². The molecule has 0 aliphatic rings. The summed E-state index contributed by atoms with van der Waals surface area (Å²) in [5.74, 6) is 0. The fraction of sp³-hybridized carbons (Fsp3) is 1.00. The minimum atomic E-state index is -4.42. The highest BCUT2D eigenvalue weighted by molar-refractivity contribution is 7.46. The van der Waals surface area contributed by atoms with Crippen molar-refractivity contribution >= 4 is 7.82 Å². The van der Waals surface area contributed by atoms with Crippen molar-refractivity contribution in [3.8, 4) is 0 Å². The van der Waals surface area contributed by atoms with Crippen LogP contribution in [-0.2, 0) is 42.2 Å². The molecular weight excluding hydrogens is 415 g/mol. The molecule has 0 rings (SSSR count). The lowest BCUT2D eigenvalue weighted by Gasteiger charge is -2.08. The van der Waals surface area contributed by atoms with Crippen molar-refractivity contribution < 1.29 is 57.1 Å². The third-order valence-corrected chi connectivity index (χ3v) is 3.47. The van der Waals surface area contributed by atoms with Crippen LogP contribution in [0.25, 0.3) is 0 Å². The number of hydrogen-bond donors (Lipinski definition) is 3. The smallest absolute Gasteiger partial charge is 0.394 e. The fourth-order valence-corrected chi connectivity index (χ4v) is 2.01. The molecule has 0 aromatic heterocycles. The van der Waals surface area contributed by atoms with Gasteiger partial charge in [-0.15, -0.1) is 0 Å². The molecule has 0 aromatic rings. The molecule has 3 N–H and O–H groups in total. The van der Waals surface area contributed by atoms with Crippen molar-refractivity contribution in [1.29, 1.82) is 0 Å². The molecule has 12 nitrogen and oxygen atoms in total. The van der Waals surface area contributed by atoms with Gasteiger partial charge in [0.15, 0.2) is 0 Å². The molecule has 0 heterocycles. The molecule has 176 valence electrons. The summed E-state index contributed by atoms with van der Waals surface area (Å²) in [6, 6.07) is 0. The van der Waals surface area contributed by atoms with Gasteiger partial charge in [-0.2, -0.15) is 0 Å². The molecule has 0 amide bonds. The summed E-state index contributed by atoms with van der Waals surface area (Å²) in [4.78, 5) is 16.9. The van der Waals surface area contributed by atoms with Crippen LogP contribution in [0.1, 0.15) is 0 Å². The second-order valence-electron chi connectivity index (χ2n) is 5.33. The number of phosphoric acid groups is 1. The number of ether oxygens (including phenoxy) is 7. The molecule has 0 saturated carbocycles. The van der Waals surface area contributed by atoms with Crippen molar-refractivity contribution in [2.75, 3.05) is 106 Å². The van der Waals surface area contributed by atoms with E-state index in [1.165, 1.54) is 0 Å². The first-order valence-corrected chi connectivity index (χ1v) is 10.9. The van der Waals surface area contributed by atoms with E-state index in [9.17, 15) is 4.57 Å². The number of rotatable bonds is 24. The van der Waals surface area contributed by atoms with Gasteiger partial charge >= 0.3 is 7.82 Å². The zero-order valence-corrected chi connectivity index (χ0v) is 17.7. The van der Waals surface area contributed by atoms with Gasteiger partial charge in [0.05, 0.1) is 106 Å². The van der Waals surface area contributed by atoms with Crippen molar-refractivity contribution in [2.24, 2.45) is 0 Å². The van der Waals surface area contributed by atoms with Gasteiger partial charge in [-0.05, 0) is 0 Å². The van der Waals surface area contributed by atoms with Crippen LogP contribution in [0.2, 0.25) is 0 Å². The van der Waals surface area contributed by atoms with Crippen LogP contribution in [0.4, 0.5) is 0 Å². The average molecular weight is 450 g/mol. The average Bonchev–Trinajstić information content (AvgIpc) is 2.67. The lowest BCUT2D eigenvalue weighted by atomic mass is 10.6. The third-order valence-electron chi connectivity index (χ3n) is 2.95. The highest BCUT2D eigenvalue weighted by Crippen LogP contribution is 2.35. The summed E-state index contributed by atoms with van der Waals surface area (Å²) in [5, 5.41) is 8.51. The SMILES string of the molecule is O=P(O)(O)OCCOCCOCCOCCOCCOCCOCCOCCO. The Labute approximate surface area is 171 Å². The van der Waals surface area contributed by atoms with E-state index in [-0.39, 0.29) is 19.8 Å². The van der Waals surface area contributed by atoms with Gasteiger partial charge in [0.2, 0.25) is 0 Å². The van der Waals surface area contributed by atoms with Crippen molar-refractivity contribution in [3.05, 3.63) is 0 Å². The highest BCUT2D eigenvalue weighted by Gasteiger charge is 2.12. The van der Waals surface area contributed by atoms with Crippen LogP contribution < -0.4 is 0 Å². The largest absolute Gasteiger partial charge is 0.469 e. The Kier molecular flexibility index (Phi) is 22.3. The standard InChI is InChI=1S/C16H35O12P/c17-1-2-21-3-4-22-5-6-23-7-8-24-9-10-25-11-12-26-13-14-27-15-16-28-29(18,19)20/h17H,1-16H2,(H2,18,19,20). The first kappa shape index (κ1) is 28.8. The molecule has 0 fully saturated rings. The maximum absolute atomic E-state index is 10.4. The highest BCUT2D eigenvalue weighted by atomic mass is 31.2. The first-order valence-electron chi connectivity index (χ1n) is 9.41. The quantitative estimate of drug-likeness (QED) is 0.125. The van der Waals surface area contributed by atoms with E-state index in [4.69, 9.17) is 48.1 Å². The predicted molar refractivity (Wildman–Crippen MR) is 101 cm³/mol. The minimum Gasteiger partial charge on any atom is -0.394 e. The topological polar surface area (TPSA) is 152 Å². The molecule has 0 bridgehead atoms. The van der Waals surface area contributed by atoms with E-state index in [1.54, 1.807) is 0 Å². The summed E-state index contributed by atoms with van der Waals surface area (Å²) >= 11 is 0. The molecule has 13 heteroatoms. The first-order chi connectivity index (χ1) is 14.1. The summed E-state index contributed by atoms with van der Waals surface area (Å²) in [7, 11) is -4.42. The summed E-state index contributed by atoms with van der Waals surface area (Å²) in [6.07, 6.45) is 0. The number of phosphoric ester groups is 1. The van der Waals surface area contributed by atoms with Gasteiger partial charge in [0.25, 0.3) is 0 Å². The Morgan fingerprint density at radius 3 is 0.931 bits per heavy atom. The second kappa shape index (κ2) is 22.5. The Morgan fingerprint density at radius 2 is 0.690 bits per heavy atom. The number of aliphatic hydroxyl groups excluding tert-OH is 1. The van der Waals surface area contributed by atoms with Gasteiger partial charge < -0.3 is 48.1 Å². The molecule has 0 saturated heterocycles. The Bertz CT molecular complexity index is 368. The molecule has 0 radical (unpaired) electrons. The van der Waals surface area contributed by atoms with Gasteiger partial charge in [-0.25, -0.2) is 4.57 Å². The van der Waals surface area contributed by atoms with E-state index in [0.29, 0.717) is 85.9 Å². The van der Waals surface area contributed by atoms with E-state index in [1.807, 2.05) is 0 Å². The Morgan fingerprint density at radius 1 is 0.448 bits per heavy atom. The van der Waals surface area contributed by atoms with Gasteiger partial charge in [0, 0.05) is 0 Å². The Hall–Kier alpha value is -0.210. The molecule has 0 spiro atoms. The molecule has 0 atom stereocenters. The van der Waals surface area contributed by atoms with E-state index in [0.717, 1.165) is 0 Å². The molecular formula is C16H35O12P. The van der Waals surface area contributed by atoms with E-state index in [2.05, 4.69) is 4.52 Å². The molecule has 0 aliphatic heterocycles. The van der Waals surface area contributed by atoms with Crippen LogP contribution in [0.5, 0.6) is 0 Å². The summed E-state index contributed by atoms with van der Waals surface area (Å²) < 4.78 is 51.3. The van der Waals surface area contributed by atoms with Crippen LogP contribution in [0.3, 0.4) is 0 Å². The van der Waals surface area contributed by atoms with Crippen molar-refractivity contribution in [1.82, 2.24) is 0 Å².